The van der Waals surface area contributed by atoms with E-state index < -0.39 is 0 Å². The predicted octanol–water partition coefficient (Wildman–Crippen LogP) is 2.67. The van der Waals surface area contributed by atoms with Gasteiger partial charge in [0.25, 0.3) is 0 Å². The molecule has 0 fully saturated rings. The van der Waals surface area contributed by atoms with Crippen LogP contribution in [0.5, 0.6) is 0 Å². The summed E-state index contributed by atoms with van der Waals surface area (Å²) in [5.74, 6) is 0.743. The lowest BCUT2D eigenvalue weighted by Gasteiger charge is -1.93. The van der Waals surface area contributed by atoms with Crippen LogP contribution in [0.1, 0.15) is 5.69 Å². The molecule has 3 aromatic rings. The van der Waals surface area contributed by atoms with Crippen molar-refractivity contribution in [3.05, 3.63) is 41.3 Å². The second kappa shape index (κ2) is 3.91. The number of nitrogens with zero attached hydrogens (tertiary/aromatic N) is 1. The summed E-state index contributed by atoms with van der Waals surface area (Å²) in [6.07, 6.45) is 1.92. The largest absolute Gasteiger partial charge is 0.360 e. The van der Waals surface area contributed by atoms with Gasteiger partial charge in [-0.15, -0.1) is 0 Å². The molecule has 0 saturated carbocycles. The van der Waals surface area contributed by atoms with E-state index in [0.717, 1.165) is 28.0 Å². The average molecular weight is 247 g/mol. The van der Waals surface area contributed by atoms with Crippen LogP contribution in [0.4, 0.5) is 0 Å². The highest BCUT2D eigenvalue weighted by Gasteiger charge is 2.12. The number of hydrogen-bond donors (Lipinski definition) is 3. The summed E-state index contributed by atoms with van der Waals surface area (Å²) in [5.41, 5.74) is 8.40. The summed E-state index contributed by atoms with van der Waals surface area (Å²) in [4.78, 5) is 10.6. The molecule has 0 radical (unpaired) electrons. The summed E-state index contributed by atoms with van der Waals surface area (Å²) >= 11 is 5.98. The molecule has 0 amide bonds. The van der Waals surface area contributed by atoms with Crippen LogP contribution in [-0.2, 0) is 6.54 Å². The molecule has 0 spiro atoms. The molecule has 0 unspecified atom stereocenters. The Balaban J connectivity index is 2.20. The van der Waals surface area contributed by atoms with Crippen LogP contribution >= 0.6 is 11.6 Å². The summed E-state index contributed by atoms with van der Waals surface area (Å²) < 4.78 is 0. The summed E-state index contributed by atoms with van der Waals surface area (Å²) in [6, 6.07) is 8.05. The number of benzene rings is 1. The van der Waals surface area contributed by atoms with Crippen LogP contribution in [0.2, 0.25) is 5.15 Å². The Hall–Kier alpha value is -1.78. The van der Waals surface area contributed by atoms with E-state index in [1.54, 1.807) is 0 Å². The smallest absolute Gasteiger partial charge is 0.152 e. The van der Waals surface area contributed by atoms with Crippen molar-refractivity contribution in [1.29, 1.82) is 0 Å². The first-order chi connectivity index (χ1) is 8.29. The van der Waals surface area contributed by atoms with Crippen molar-refractivity contribution in [1.82, 2.24) is 15.0 Å². The molecule has 2 aromatic heterocycles. The Morgan fingerprint density at radius 2 is 2.12 bits per heavy atom. The van der Waals surface area contributed by atoms with E-state index >= 15 is 0 Å². The third kappa shape index (κ3) is 1.62. The molecule has 0 aliphatic rings. The first-order valence-corrected chi connectivity index (χ1v) is 5.68. The molecular weight excluding hydrogens is 236 g/mol. The van der Waals surface area contributed by atoms with E-state index in [0.29, 0.717) is 11.7 Å². The Kier molecular flexibility index (Phi) is 2.39. The monoisotopic (exact) mass is 246 g/mol. The molecule has 0 aliphatic carbocycles. The zero-order chi connectivity index (χ0) is 11.8. The fourth-order valence-corrected chi connectivity index (χ4v) is 2.13. The molecule has 2 heterocycles. The van der Waals surface area contributed by atoms with E-state index in [9.17, 15) is 0 Å². The number of hydrogen-bond acceptors (Lipinski definition) is 2. The number of aromatic amines is 2. The van der Waals surface area contributed by atoms with Gasteiger partial charge in [-0.25, -0.2) is 4.98 Å². The van der Waals surface area contributed by atoms with Crippen LogP contribution < -0.4 is 5.73 Å². The molecule has 0 aliphatic heterocycles. The predicted molar refractivity (Wildman–Crippen MR) is 68.8 cm³/mol. The molecule has 0 bridgehead atoms. The molecule has 86 valence electrons. The SMILES string of the molecule is NCc1[nH]c(-c2c[nH]c3ccccc23)nc1Cl. The van der Waals surface area contributed by atoms with E-state index in [1.165, 1.54) is 0 Å². The molecule has 17 heavy (non-hydrogen) atoms. The number of para-hydroxylation sites is 1. The maximum absolute atomic E-state index is 5.98. The first kappa shape index (κ1) is 10.4. The Morgan fingerprint density at radius 1 is 1.29 bits per heavy atom. The van der Waals surface area contributed by atoms with E-state index in [2.05, 4.69) is 15.0 Å². The van der Waals surface area contributed by atoms with Gasteiger partial charge in [0.1, 0.15) is 5.82 Å². The normalized spacial score (nSPS) is 11.2. The fraction of sp³-hybridized carbons (Fsp3) is 0.0833. The number of H-pyrrole nitrogens is 2. The zero-order valence-corrected chi connectivity index (χ0v) is 9.75. The number of aromatic nitrogens is 3. The topological polar surface area (TPSA) is 70.5 Å². The average Bonchev–Trinajstić information content (AvgIpc) is 2.92. The summed E-state index contributed by atoms with van der Waals surface area (Å²) in [7, 11) is 0. The van der Waals surface area contributed by atoms with Crippen molar-refractivity contribution >= 4 is 22.5 Å². The van der Waals surface area contributed by atoms with Gasteiger partial charge in [0.2, 0.25) is 0 Å². The number of nitrogens with one attached hydrogen (secondary N) is 2. The lowest BCUT2D eigenvalue weighted by molar-refractivity contribution is 1.01. The van der Waals surface area contributed by atoms with Gasteiger partial charge >= 0.3 is 0 Å². The zero-order valence-electron chi connectivity index (χ0n) is 9.00. The van der Waals surface area contributed by atoms with Gasteiger partial charge in [-0.05, 0) is 6.07 Å². The third-order valence-corrected chi connectivity index (χ3v) is 3.09. The Labute approximate surface area is 103 Å². The maximum atomic E-state index is 5.98. The number of halogens is 1. The van der Waals surface area contributed by atoms with Crippen molar-refractivity contribution in [3.63, 3.8) is 0 Å². The van der Waals surface area contributed by atoms with Crippen LogP contribution in [0.3, 0.4) is 0 Å². The van der Waals surface area contributed by atoms with Crippen molar-refractivity contribution < 1.29 is 0 Å². The molecule has 3 rings (SSSR count). The molecule has 0 atom stereocenters. The Morgan fingerprint density at radius 3 is 2.88 bits per heavy atom. The second-order valence-electron chi connectivity index (χ2n) is 3.81. The molecule has 0 saturated heterocycles. The van der Waals surface area contributed by atoms with Crippen LogP contribution in [0.25, 0.3) is 22.3 Å². The molecule has 1 aromatic carbocycles. The van der Waals surface area contributed by atoms with Crippen molar-refractivity contribution in [2.45, 2.75) is 6.54 Å². The molecule has 5 heteroatoms. The van der Waals surface area contributed by atoms with Crippen LogP contribution in [0, 0.1) is 0 Å². The maximum Gasteiger partial charge on any atom is 0.152 e. The van der Waals surface area contributed by atoms with Crippen molar-refractivity contribution in [3.8, 4) is 11.4 Å². The van der Waals surface area contributed by atoms with Gasteiger partial charge in [0, 0.05) is 29.2 Å². The molecule has 4 nitrogen and oxygen atoms in total. The minimum Gasteiger partial charge on any atom is -0.360 e. The highest BCUT2D eigenvalue weighted by Crippen LogP contribution is 2.28. The Bertz CT molecular complexity index is 668. The number of nitrogens with two attached hydrogens (primary N) is 1. The van der Waals surface area contributed by atoms with Gasteiger partial charge in [0.05, 0.1) is 5.69 Å². The van der Waals surface area contributed by atoms with Crippen LogP contribution in [-0.4, -0.2) is 15.0 Å². The number of fused-ring (bicyclic) bond motifs is 1. The van der Waals surface area contributed by atoms with Gasteiger partial charge < -0.3 is 15.7 Å². The van der Waals surface area contributed by atoms with E-state index in [4.69, 9.17) is 17.3 Å². The second-order valence-corrected chi connectivity index (χ2v) is 4.16. The minimum absolute atomic E-state index is 0.355. The highest BCUT2D eigenvalue weighted by molar-refractivity contribution is 6.30. The standard InChI is InChI=1S/C12H11ClN4/c13-11-10(5-14)16-12(17-11)8-6-15-9-4-2-1-3-7(8)9/h1-4,6,15H,5,14H2,(H,16,17). The quantitative estimate of drug-likeness (QED) is 0.651. The van der Waals surface area contributed by atoms with E-state index in [1.807, 2.05) is 30.5 Å². The first-order valence-electron chi connectivity index (χ1n) is 5.30. The summed E-state index contributed by atoms with van der Waals surface area (Å²) in [6.45, 7) is 0.355. The number of rotatable bonds is 2. The van der Waals surface area contributed by atoms with Gasteiger partial charge in [-0.1, -0.05) is 29.8 Å². The third-order valence-electron chi connectivity index (χ3n) is 2.78. The fourth-order valence-electron chi connectivity index (χ4n) is 1.92. The lowest BCUT2D eigenvalue weighted by atomic mass is 10.2. The van der Waals surface area contributed by atoms with E-state index in [-0.39, 0.29) is 0 Å². The van der Waals surface area contributed by atoms with Crippen molar-refractivity contribution in [2.75, 3.05) is 0 Å². The molecule has 4 N–H and O–H groups in total. The van der Waals surface area contributed by atoms with Crippen molar-refractivity contribution in [2.24, 2.45) is 5.73 Å². The lowest BCUT2D eigenvalue weighted by Crippen LogP contribution is -1.96. The van der Waals surface area contributed by atoms with Crippen LogP contribution in [0.15, 0.2) is 30.5 Å². The molecular formula is C12H11ClN4. The van der Waals surface area contributed by atoms with Gasteiger partial charge in [0.15, 0.2) is 5.15 Å². The van der Waals surface area contributed by atoms with Gasteiger partial charge in [-0.3, -0.25) is 0 Å². The minimum atomic E-state index is 0.355. The number of imidazole rings is 1. The summed E-state index contributed by atoms with van der Waals surface area (Å²) in [5, 5.41) is 1.55. The van der Waals surface area contributed by atoms with Gasteiger partial charge in [-0.2, -0.15) is 0 Å². The highest BCUT2D eigenvalue weighted by atomic mass is 35.5.